The Bertz CT molecular complexity index is 338. The van der Waals surface area contributed by atoms with Crippen molar-refractivity contribution < 1.29 is 9.90 Å². The summed E-state index contributed by atoms with van der Waals surface area (Å²) in [5.74, 6) is 7.05. The third kappa shape index (κ3) is 5.52. The van der Waals surface area contributed by atoms with Gasteiger partial charge >= 0.3 is 6.09 Å². The third-order valence-electron chi connectivity index (χ3n) is 3.81. The molecule has 0 spiro atoms. The normalized spacial score (nSPS) is 22.7. The fourth-order valence-electron chi connectivity index (χ4n) is 2.55. The lowest BCUT2D eigenvalue weighted by Gasteiger charge is -2.31. The first kappa shape index (κ1) is 15.8. The van der Waals surface area contributed by atoms with E-state index in [0.717, 1.165) is 45.2 Å². The van der Waals surface area contributed by atoms with Crippen LogP contribution >= 0.6 is 0 Å². The van der Waals surface area contributed by atoms with Gasteiger partial charge in [0.25, 0.3) is 0 Å². The molecule has 0 unspecified atom stereocenters. The summed E-state index contributed by atoms with van der Waals surface area (Å²) in [6.07, 6.45) is 4.25. The highest BCUT2D eigenvalue weighted by atomic mass is 16.4. The van der Waals surface area contributed by atoms with Crippen molar-refractivity contribution in [2.75, 3.05) is 27.2 Å². The Morgan fingerprint density at radius 2 is 1.89 bits per heavy atom. The minimum Gasteiger partial charge on any atom is -0.465 e. The number of hydrogen-bond donors (Lipinski definition) is 1. The van der Waals surface area contributed by atoms with Gasteiger partial charge in [-0.1, -0.05) is 18.8 Å². The predicted molar refractivity (Wildman–Crippen MR) is 77.1 cm³/mol. The van der Waals surface area contributed by atoms with Crippen molar-refractivity contribution in [2.45, 2.75) is 45.1 Å². The molecule has 0 aromatic heterocycles. The van der Waals surface area contributed by atoms with E-state index in [0.29, 0.717) is 5.92 Å². The Hall–Kier alpha value is -1.21. The molecule has 108 valence electrons. The number of carbonyl (C=O) groups is 1. The second kappa shape index (κ2) is 8.06. The second-order valence-electron chi connectivity index (χ2n) is 5.46. The van der Waals surface area contributed by atoms with E-state index in [2.05, 4.69) is 30.7 Å². The Balaban J connectivity index is 2.30. The molecule has 0 heterocycles. The van der Waals surface area contributed by atoms with Crippen molar-refractivity contribution in [3.05, 3.63) is 0 Å². The number of carboxylic acid groups (broad SMARTS) is 1. The summed E-state index contributed by atoms with van der Waals surface area (Å²) < 4.78 is 0. The highest BCUT2D eigenvalue weighted by Gasteiger charge is 2.25. The van der Waals surface area contributed by atoms with Crippen LogP contribution in [0.15, 0.2) is 0 Å². The molecule has 0 radical (unpaired) electrons. The topological polar surface area (TPSA) is 43.8 Å². The Kier molecular flexibility index (Phi) is 6.72. The van der Waals surface area contributed by atoms with Crippen LogP contribution in [-0.2, 0) is 0 Å². The summed E-state index contributed by atoms with van der Waals surface area (Å²) in [6.45, 7) is 4.10. The molecule has 0 aromatic carbocycles. The molecule has 0 atom stereocenters. The van der Waals surface area contributed by atoms with E-state index in [1.54, 1.807) is 7.05 Å². The van der Waals surface area contributed by atoms with E-state index in [9.17, 15) is 4.79 Å². The van der Waals surface area contributed by atoms with Crippen molar-refractivity contribution in [1.82, 2.24) is 9.80 Å². The van der Waals surface area contributed by atoms with E-state index >= 15 is 0 Å². The van der Waals surface area contributed by atoms with Crippen LogP contribution in [0, 0.1) is 17.8 Å². The van der Waals surface area contributed by atoms with Gasteiger partial charge in [0.05, 0.1) is 6.54 Å². The SMILES string of the molecule is CCCN(C)CC#CC1CCC(N(C)C(=O)O)CC1. The van der Waals surface area contributed by atoms with Gasteiger partial charge in [0.2, 0.25) is 0 Å². The van der Waals surface area contributed by atoms with Gasteiger partial charge in [0.15, 0.2) is 0 Å². The molecule has 4 nitrogen and oxygen atoms in total. The van der Waals surface area contributed by atoms with E-state index in [1.807, 2.05) is 0 Å². The first-order valence-corrected chi connectivity index (χ1v) is 7.17. The van der Waals surface area contributed by atoms with Crippen LogP contribution in [0.5, 0.6) is 0 Å². The molecule has 0 bridgehead atoms. The fraction of sp³-hybridized carbons (Fsp3) is 0.800. The fourth-order valence-corrected chi connectivity index (χ4v) is 2.55. The van der Waals surface area contributed by atoms with Gasteiger partial charge in [0.1, 0.15) is 0 Å². The quantitative estimate of drug-likeness (QED) is 0.795. The highest BCUT2D eigenvalue weighted by Crippen LogP contribution is 2.26. The van der Waals surface area contributed by atoms with Gasteiger partial charge in [-0.3, -0.25) is 4.90 Å². The van der Waals surface area contributed by atoms with Gasteiger partial charge in [-0.2, -0.15) is 0 Å². The zero-order chi connectivity index (χ0) is 14.3. The smallest absolute Gasteiger partial charge is 0.407 e. The largest absolute Gasteiger partial charge is 0.465 e. The zero-order valence-electron chi connectivity index (χ0n) is 12.4. The van der Waals surface area contributed by atoms with Crippen molar-refractivity contribution in [1.29, 1.82) is 0 Å². The Morgan fingerprint density at radius 1 is 1.26 bits per heavy atom. The predicted octanol–water partition coefficient (Wildman–Crippen LogP) is 2.50. The van der Waals surface area contributed by atoms with Crippen LogP contribution < -0.4 is 0 Å². The van der Waals surface area contributed by atoms with E-state index in [1.165, 1.54) is 4.90 Å². The number of amides is 1. The molecular formula is C15H26N2O2. The van der Waals surface area contributed by atoms with Crippen molar-refractivity contribution in [3.63, 3.8) is 0 Å². The van der Waals surface area contributed by atoms with Gasteiger partial charge in [0, 0.05) is 19.0 Å². The first-order valence-electron chi connectivity index (χ1n) is 7.17. The molecule has 1 aliphatic carbocycles. The molecule has 0 saturated heterocycles. The van der Waals surface area contributed by atoms with Crippen LogP contribution in [-0.4, -0.2) is 54.2 Å². The maximum Gasteiger partial charge on any atom is 0.407 e. The third-order valence-corrected chi connectivity index (χ3v) is 3.81. The molecule has 0 aliphatic heterocycles. The van der Waals surface area contributed by atoms with Crippen LogP contribution in [0.25, 0.3) is 0 Å². The van der Waals surface area contributed by atoms with Crippen LogP contribution in [0.2, 0.25) is 0 Å². The zero-order valence-corrected chi connectivity index (χ0v) is 12.4. The minimum atomic E-state index is -0.823. The summed E-state index contributed by atoms with van der Waals surface area (Å²) in [7, 11) is 3.76. The monoisotopic (exact) mass is 266 g/mol. The molecule has 1 saturated carbocycles. The average Bonchev–Trinajstić information content (AvgIpc) is 2.39. The minimum absolute atomic E-state index is 0.179. The molecule has 19 heavy (non-hydrogen) atoms. The van der Waals surface area contributed by atoms with Crippen LogP contribution in [0.1, 0.15) is 39.0 Å². The molecule has 1 amide bonds. The second-order valence-corrected chi connectivity index (χ2v) is 5.46. The number of hydrogen-bond acceptors (Lipinski definition) is 2. The summed E-state index contributed by atoms with van der Waals surface area (Å²) in [5, 5.41) is 8.95. The van der Waals surface area contributed by atoms with Gasteiger partial charge in [-0.05, 0) is 45.7 Å². The van der Waals surface area contributed by atoms with Gasteiger partial charge in [-0.15, -0.1) is 0 Å². The lowest BCUT2D eigenvalue weighted by atomic mass is 9.86. The molecular weight excluding hydrogens is 240 g/mol. The average molecular weight is 266 g/mol. The van der Waals surface area contributed by atoms with Crippen LogP contribution in [0.3, 0.4) is 0 Å². The van der Waals surface area contributed by atoms with E-state index < -0.39 is 6.09 Å². The lowest BCUT2D eigenvalue weighted by Crippen LogP contribution is -2.38. The standard InChI is InChI=1S/C15H26N2O2/c1-4-11-16(2)12-5-6-13-7-9-14(10-8-13)17(3)15(18)19/h13-14H,4,7-12H2,1-3H3,(H,18,19). The molecule has 0 aromatic rings. The van der Waals surface area contributed by atoms with E-state index in [4.69, 9.17) is 5.11 Å². The lowest BCUT2D eigenvalue weighted by molar-refractivity contribution is 0.123. The van der Waals surface area contributed by atoms with Crippen molar-refractivity contribution >= 4 is 6.09 Å². The number of nitrogens with zero attached hydrogens (tertiary/aromatic N) is 2. The summed E-state index contributed by atoms with van der Waals surface area (Å²) >= 11 is 0. The maximum atomic E-state index is 10.9. The highest BCUT2D eigenvalue weighted by molar-refractivity contribution is 5.64. The Morgan fingerprint density at radius 3 is 2.42 bits per heavy atom. The molecule has 1 N–H and O–H groups in total. The van der Waals surface area contributed by atoms with Gasteiger partial charge < -0.3 is 10.0 Å². The Labute approximate surface area is 116 Å². The maximum absolute atomic E-state index is 10.9. The van der Waals surface area contributed by atoms with Gasteiger partial charge in [-0.25, -0.2) is 4.79 Å². The summed E-state index contributed by atoms with van der Waals surface area (Å²) in [4.78, 5) is 14.6. The summed E-state index contributed by atoms with van der Waals surface area (Å²) in [6, 6.07) is 0.179. The van der Waals surface area contributed by atoms with Crippen molar-refractivity contribution in [3.8, 4) is 11.8 Å². The molecule has 1 aliphatic rings. The summed E-state index contributed by atoms with van der Waals surface area (Å²) in [5.41, 5.74) is 0. The molecule has 1 rings (SSSR count). The first-order chi connectivity index (χ1) is 9.04. The number of rotatable bonds is 4. The van der Waals surface area contributed by atoms with E-state index in [-0.39, 0.29) is 6.04 Å². The molecule has 4 heteroatoms. The molecule has 1 fully saturated rings. The van der Waals surface area contributed by atoms with Crippen LogP contribution in [0.4, 0.5) is 4.79 Å². The van der Waals surface area contributed by atoms with Crippen molar-refractivity contribution in [2.24, 2.45) is 5.92 Å².